The van der Waals surface area contributed by atoms with E-state index >= 15 is 0 Å². The summed E-state index contributed by atoms with van der Waals surface area (Å²) >= 11 is 6.04. The van der Waals surface area contributed by atoms with Crippen LogP contribution in [-0.2, 0) is 6.42 Å². The van der Waals surface area contributed by atoms with Crippen LogP contribution in [0.5, 0.6) is 0 Å². The molecule has 2 aromatic carbocycles. The molecule has 3 rings (SSSR count). The second-order valence-electron chi connectivity index (χ2n) is 4.97. The molecule has 2 N–H and O–H groups in total. The summed E-state index contributed by atoms with van der Waals surface area (Å²) in [6.45, 7) is 0.784. The maximum atomic E-state index is 6.04. The number of halogens is 1. The third-order valence-corrected chi connectivity index (χ3v) is 3.67. The second kappa shape index (κ2) is 6.62. The van der Waals surface area contributed by atoms with Crippen LogP contribution in [0.1, 0.15) is 5.56 Å². The first-order valence-electron chi connectivity index (χ1n) is 7.19. The summed E-state index contributed by atoms with van der Waals surface area (Å²) in [5.41, 5.74) is 2.15. The Bertz CT molecular complexity index is 774. The van der Waals surface area contributed by atoms with Crippen molar-refractivity contribution < 1.29 is 0 Å². The molecular formula is C17H17ClN4. The minimum atomic E-state index is 0.620. The summed E-state index contributed by atoms with van der Waals surface area (Å²) < 4.78 is 0. The maximum absolute atomic E-state index is 6.04. The smallest absolute Gasteiger partial charge is 0.225 e. The van der Waals surface area contributed by atoms with Crippen LogP contribution in [0.2, 0.25) is 5.02 Å². The maximum Gasteiger partial charge on any atom is 0.225 e. The summed E-state index contributed by atoms with van der Waals surface area (Å²) in [6, 6.07) is 16.0. The first kappa shape index (κ1) is 14.6. The second-order valence-corrected chi connectivity index (χ2v) is 5.41. The molecule has 1 aromatic heterocycles. The van der Waals surface area contributed by atoms with E-state index in [2.05, 4.69) is 32.7 Å². The number of fused-ring (bicyclic) bond motifs is 1. The highest BCUT2D eigenvalue weighted by Crippen LogP contribution is 2.24. The topological polar surface area (TPSA) is 49.8 Å². The van der Waals surface area contributed by atoms with Gasteiger partial charge < -0.3 is 10.6 Å². The fraction of sp³-hybridized carbons (Fsp3) is 0.176. The molecule has 0 saturated heterocycles. The third-order valence-electron chi connectivity index (χ3n) is 3.43. The molecule has 112 valence electrons. The summed E-state index contributed by atoms with van der Waals surface area (Å²) in [5.74, 6) is 1.39. The zero-order valence-electron chi connectivity index (χ0n) is 12.3. The predicted octanol–water partition coefficient (Wildman–Crippen LogP) is 3.98. The normalized spacial score (nSPS) is 10.6. The lowest BCUT2D eigenvalue weighted by Crippen LogP contribution is -2.09. The largest absolute Gasteiger partial charge is 0.372 e. The van der Waals surface area contributed by atoms with E-state index in [0.717, 1.165) is 29.7 Å². The Morgan fingerprint density at radius 3 is 2.64 bits per heavy atom. The van der Waals surface area contributed by atoms with Gasteiger partial charge in [-0.15, -0.1) is 0 Å². The molecule has 0 saturated carbocycles. The van der Waals surface area contributed by atoms with Gasteiger partial charge in [-0.3, -0.25) is 0 Å². The molecule has 0 aliphatic carbocycles. The fourth-order valence-corrected chi connectivity index (χ4v) is 2.51. The summed E-state index contributed by atoms with van der Waals surface area (Å²) in [4.78, 5) is 9.03. The van der Waals surface area contributed by atoms with Gasteiger partial charge in [-0.05, 0) is 30.2 Å². The van der Waals surface area contributed by atoms with Gasteiger partial charge in [-0.25, -0.2) is 4.98 Å². The van der Waals surface area contributed by atoms with Gasteiger partial charge in [0.2, 0.25) is 5.95 Å². The van der Waals surface area contributed by atoms with Gasteiger partial charge in [-0.1, -0.05) is 41.9 Å². The first-order valence-corrected chi connectivity index (χ1v) is 7.57. The molecule has 0 bridgehead atoms. The lowest BCUT2D eigenvalue weighted by Gasteiger charge is -2.10. The Hall–Kier alpha value is -2.33. The van der Waals surface area contributed by atoms with E-state index in [0.29, 0.717) is 11.0 Å². The van der Waals surface area contributed by atoms with Gasteiger partial charge >= 0.3 is 0 Å². The quantitative estimate of drug-likeness (QED) is 0.748. The molecule has 5 heteroatoms. The Kier molecular flexibility index (Phi) is 4.39. The summed E-state index contributed by atoms with van der Waals surface area (Å²) in [6.07, 6.45) is 0.928. The Balaban J connectivity index is 1.78. The Labute approximate surface area is 134 Å². The molecule has 0 amide bonds. The minimum Gasteiger partial charge on any atom is -0.372 e. The van der Waals surface area contributed by atoms with Gasteiger partial charge in [0.15, 0.2) is 0 Å². The van der Waals surface area contributed by atoms with Crippen LogP contribution in [0, 0.1) is 0 Å². The van der Waals surface area contributed by atoms with Gasteiger partial charge in [0.05, 0.1) is 5.52 Å². The molecule has 0 aliphatic heterocycles. The number of benzene rings is 2. The zero-order chi connectivity index (χ0) is 15.4. The van der Waals surface area contributed by atoms with Gasteiger partial charge in [0.1, 0.15) is 5.82 Å². The van der Waals surface area contributed by atoms with Crippen LogP contribution in [0.3, 0.4) is 0 Å². The molecule has 1 heterocycles. The molecule has 22 heavy (non-hydrogen) atoms. The highest BCUT2D eigenvalue weighted by atomic mass is 35.5. The van der Waals surface area contributed by atoms with E-state index in [1.54, 1.807) is 0 Å². The number of nitrogens with one attached hydrogen (secondary N) is 2. The lowest BCUT2D eigenvalue weighted by molar-refractivity contribution is 0.991. The average Bonchev–Trinajstić information content (AvgIpc) is 2.55. The number of anilines is 2. The van der Waals surface area contributed by atoms with Crippen LogP contribution in [0.25, 0.3) is 10.9 Å². The van der Waals surface area contributed by atoms with Crippen molar-refractivity contribution in [1.29, 1.82) is 0 Å². The van der Waals surface area contributed by atoms with Crippen LogP contribution in [0.15, 0.2) is 48.5 Å². The van der Waals surface area contributed by atoms with Crippen molar-refractivity contribution in [2.45, 2.75) is 6.42 Å². The Morgan fingerprint density at radius 1 is 1.05 bits per heavy atom. The van der Waals surface area contributed by atoms with Gasteiger partial charge in [0.25, 0.3) is 0 Å². The van der Waals surface area contributed by atoms with Crippen molar-refractivity contribution in [2.75, 3.05) is 24.2 Å². The molecule has 3 aromatic rings. The molecule has 0 atom stereocenters. The van der Waals surface area contributed by atoms with Crippen molar-refractivity contribution >= 4 is 34.3 Å². The molecule has 0 fully saturated rings. The van der Waals surface area contributed by atoms with Crippen molar-refractivity contribution in [3.63, 3.8) is 0 Å². The summed E-state index contributed by atoms with van der Waals surface area (Å²) in [5, 5.41) is 7.97. The predicted molar refractivity (Wildman–Crippen MR) is 92.7 cm³/mol. The van der Waals surface area contributed by atoms with Crippen LogP contribution < -0.4 is 10.6 Å². The van der Waals surface area contributed by atoms with Gasteiger partial charge in [0, 0.05) is 24.0 Å². The molecule has 0 spiro atoms. The number of aromatic nitrogens is 2. The first-order chi connectivity index (χ1) is 10.8. The van der Waals surface area contributed by atoms with Crippen molar-refractivity contribution in [1.82, 2.24) is 9.97 Å². The van der Waals surface area contributed by atoms with Crippen molar-refractivity contribution in [2.24, 2.45) is 0 Å². The van der Waals surface area contributed by atoms with E-state index in [-0.39, 0.29) is 0 Å². The highest BCUT2D eigenvalue weighted by molar-refractivity contribution is 6.31. The van der Waals surface area contributed by atoms with Crippen molar-refractivity contribution in [3.8, 4) is 0 Å². The van der Waals surface area contributed by atoms with Crippen LogP contribution >= 0.6 is 11.6 Å². The lowest BCUT2D eigenvalue weighted by atomic mass is 10.1. The molecule has 0 aliphatic rings. The summed E-state index contributed by atoms with van der Waals surface area (Å²) in [7, 11) is 1.84. The number of hydrogen-bond acceptors (Lipinski definition) is 4. The van der Waals surface area contributed by atoms with E-state index in [9.17, 15) is 0 Å². The van der Waals surface area contributed by atoms with E-state index in [1.165, 1.54) is 5.56 Å². The van der Waals surface area contributed by atoms with E-state index < -0.39 is 0 Å². The number of nitrogens with zero attached hydrogens (tertiary/aromatic N) is 2. The molecular weight excluding hydrogens is 296 g/mol. The number of rotatable bonds is 5. The van der Waals surface area contributed by atoms with E-state index in [4.69, 9.17) is 11.6 Å². The molecule has 0 radical (unpaired) electrons. The number of hydrogen-bond donors (Lipinski definition) is 2. The third kappa shape index (κ3) is 3.28. The monoisotopic (exact) mass is 312 g/mol. The van der Waals surface area contributed by atoms with Crippen LogP contribution in [-0.4, -0.2) is 23.6 Å². The van der Waals surface area contributed by atoms with Crippen molar-refractivity contribution in [3.05, 3.63) is 59.1 Å². The van der Waals surface area contributed by atoms with Crippen LogP contribution in [0.4, 0.5) is 11.8 Å². The Morgan fingerprint density at radius 2 is 1.86 bits per heavy atom. The molecule has 4 nitrogen and oxygen atoms in total. The minimum absolute atomic E-state index is 0.620. The molecule has 0 unspecified atom stereocenters. The highest BCUT2D eigenvalue weighted by Gasteiger charge is 2.07. The SMILES string of the molecule is CNc1nc(NCCc2ccccc2)nc2ccc(Cl)cc12. The zero-order valence-corrected chi connectivity index (χ0v) is 13.1. The van der Waals surface area contributed by atoms with E-state index in [1.807, 2.05) is 43.4 Å². The average molecular weight is 313 g/mol. The van der Waals surface area contributed by atoms with Gasteiger partial charge in [-0.2, -0.15) is 4.98 Å². The standard InChI is InChI=1S/C17H17ClN4/c1-19-16-14-11-13(18)7-8-15(14)21-17(22-16)20-10-9-12-5-3-2-4-6-12/h2-8,11H,9-10H2,1H3,(H2,19,20,21,22). The fourth-order valence-electron chi connectivity index (χ4n) is 2.33.